The van der Waals surface area contributed by atoms with Crippen molar-refractivity contribution >= 4 is 32.3 Å². The van der Waals surface area contributed by atoms with Crippen molar-refractivity contribution in [2.75, 3.05) is 0 Å². The second-order valence-electron chi connectivity index (χ2n) is 7.88. The first-order valence-electron chi connectivity index (χ1n) is 7.50. The van der Waals surface area contributed by atoms with Crippen molar-refractivity contribution in [2.45, 2.75) is 71.1 Å². The molecule has 120 valence electrons. The van der Waals surface area contributed by atoms with E-state index in [2.05, 4.69) is 87.0 Å². The summed E-state index contributed by atoms with van der Waals surface area (Å²) >= 11 is 3.29. The number of rotatable bonds is 5. The van der Waals surface area contributed by atoms with Gasteiger partial charge in [0.1, 0.15) is 8.07 Å². The zero-order chi connectivity index (χ0) is 16.7. The fourth-order valence-electron chi connectivity index (χ4n) is 1.35. The zero-order valence-electron chi connectivity index (χ0n) is 14.9. The van der Waals surface area contributed by atoms with Crippen LogP contribution in [0.15, 0.2) is 23.2 Å². The second-order valence-corrected chi connectivity index (χ2v) is 17.9. The Morgan fingerprint density at radius 2 is 1.67 bits per heavy atom. The molecular weight excluding hydrogens is 356 g/mol. The molecule has 0 unspecified atom stereocenters. The van der Waals surface area contributed by atoms with E-state index in [0.717, 1.165) is 6.42 Å². The molecule has 0 fully saturated rings. The van der Waals surface area contributed by atoms with Crippen LogP contribution in [0.25, 0.3) is 0 Å². The standard InChI is InChI=1S/C17H31BrOSi2/c1-17(2,3)21(7,8)19-16(12-9-10-14-18)13-11-15-20(4,5)6/h9-10,12,14,16H,13H2,1-8H3/b12-9+,14-10+/t16-/m0/s1. The lowest BCUT2D eigenvalue weighted by atomic mass is 10.2. The molecule has 0 bridgehead atoms. The second kappa shape index (κ2) is 8.52. The molecule has 4 heteroatoms. The predicted molar refractivity (Wildman–Crippen MR) is 105 cm³/mol. The third kappa shape index (κ3) is 9.52. The molecule has 0 aromatic carbocycles. The van der Waals surface area contributed by atoms with Crippen molar-refractivity contribution in [1.82, 2.24) is 0 Å². The molecule has 0 saturated carbocycles. The van der Waals surface area contributed by atoms with Crippen LogP contribution in [-0.4, -0.2) is 22.5 Å². The van der Waals surface area contributed by atoms with Gasteiger partial charge in [-0.1, -0.05) is 74.6 Å². The normalized spacial score (nSPS) is 15.3. The molecule has 0 N–H and O–H groups in total. The van der Waals surface area contributed by atoms with Gasteiger partial charge in [0, 0.05) is 6.42 Å². The number of hydrogen-bond donors (Lipinski definition) is 0. The molecule has 0 aliphatic carbocycles. The first-order valence-corrected chi connectivity index (χ1v) is 14.8. The first-order chi connectivity index (χ1) is 9.39. The molecular formula is C17H31BrOSi2. The van der Waals surface area contributed by atoms with Crippen LogP contribution in [0, 0.1) is 11.5 Å². The van der Waals surface area contributed by atoms with Crippen LogP contribution in [-0.2, 0) is 4.43 Å². The number of allylic oxidation sites excluding steroid dienone is 2. The average molecular weight is 388 g/mol. The summed E-state index contributed by atoms with van der Waals surface area (Å²) in [6.07, 6.45) is 6.98. The molecule has 1 atom stereocenters. The highest BCUT2D eigenvalue weighted by atomic mass is 79.9. The number of hydrogen-bond acceptors (Lipinski definition) is 1. The van der Waals surface area contributed by atoms with E-state index in [-0.39, 0.29) is 11.1 Å². The maximum Gasteiger partial charge on any atom is 0.192 e. The SMILES string of the molecule is CC(C)(C)[Si](C)(C)O[C@@H](/C=C/C=C/Br)CC#C[Si](C)(C)C. The highest BCUT2D eigenvalue weighted by Gasteiger charge is 2.38. The summed E-state index contributed by atoms with van der Waals surface area (Å²) in [6, 6.07) is 0. The minimum absolute atomic E-state index is 0.0819. The van der Waals surface area contributed by atoms with Crippen molar-refractivity contribution in [3.8, 4) is 11.5 Å². The Labute approximate surface area is 142 Å². The molecule has 0 aliphatic heterocycles. The summed E-state index contributed by atoms with van der Waals surface area (Å²) in [6.45, 7) is 18.2. The van der Waals surface area contributed by atoms with E-state index in [1.165, 1.54) is 0 Å². The summed E-state index contributed by atoms with van der Waals surface area (Å²) < 4.78 is 6.48. The van der Waals surface area contributed by atoms with Gasteiger partial charge in [0.15, 0.2) is 8.32 Å². The van der Waals surface area contributed by atoms with E-state index in [4.69, 9.17) is 4.43 Å². The van der Waals surface area contributed by atoms with Gasteiger partial charge in [-0.05, 0) is 23.1 Å². The summed E-state index contributed by atoms with van der Waals surface area (Å²) in [5.41, 5.74) is 3.43. The summed E-state index contributed by atoms with van der Waals surface area (Å²) in [7, 11) is -3.08. The van der Waals surface area contributed by atoms with Gasteiger partial charge in [-0.25, -0.2) is 0 Å². The van der Waals surface area contributed by atoms with Crippen molar-refractivity contribution in [3.05, 3.63) is 23.2 Å². The maximum atomic E-state index is 6.48. The number of halogens is 1. The van der Waals surface area contributed by atoms with Gasteiger partial charge in [0.2, 0.25) is 0 Å². The fraction of sp³-hybridized carbons (Fsp3) is 0.647. The van der Waals surface area contributed by atoms with Gasteiger partial charge in [0.05, 0.1) is 6.10 Å². The quantitative estimate of drug-likeness (QED) is 0.314. The van der Waals surface area contributed by atoms with Crippen LogP contribution in [0.3, 0.4) is 0 Å². The Kier molecular flexibility index (Phi) is 8.49. The minimum atomic E-state index is -1.77. The van der Waals surface area contributed by atoms with Crippen molar-refractivity contribution in [1.29, 1.82) is 0 Å². The Balaban J connectivity index is 5.02. The molecule has 0 heterocycles. The lowest BCUT2D eigenvalue weighted by Gasteiger charge is -2.38. The zero-order valence-corrected chi connectivity index (χ0v) is 18.5. The summed E-state index contributed by atoms with van der Waals surface area (Å²) in [4.78, 5) is 1.85. The fourth-order valence-corrected chi connectivity index (χ4v) is 3.43. The molecule has 0 aromatic rings. The lowest BCUT2D eigenvalue weighted by Crippen LogP contribution is -2.43. The largest absolute Gasteiger partial charge is 0.410 e. The van der Waals surface area contributed by atoms with Gasteiger partial charge < -0.3 is 4.43 Å². The molecule has 1 nitrogen and oxygen atoms in total. The van der Waals surface area contributed by atoms with Crippen LogP contribution in [0.4, 0.5) is 0 Å². The van der Waals surface area contributed by atoms with E-state index in [9.17, 15) is 0 Å². The van der Waals surface area contributed by atoms with Crippen molar-refractivity contribution < 1.29 is 4.43 Å². The monoisotopic (exact) mass is 386 g/mol. The van der Waals surface area contributed by atoms with Crippen LogP contribution in [0.5, 0.6) is 0 Å². The molecule has 0 radical (unpaired) electrons. The van der Waals surface area contributed by atoms with Gasteiger partial charge in [-0.2, -0.15) is 0 Å². The van der Waals surface area contributed by atoms with Crippen LogP contribution in [0.1, 0.15) is 27.2 Å². The van der Waals surface area contributed by atoms with E-state index < -0.39 is 16.4 Å². The van der Waals surface area contributed by atoms with Crippen LogP contribution < -0.4 is 0 Å². The van der Waals surface area contributed by atoms with Crippen LogP contribution >= 0.6 is 15.9 Å². The Morgan fingerprint density at radius 1 is 1.10 bits per heavy atom. The Morgan fingerprint density at radius 3 is 2.10 bits per heavy atom. The van der Waals surface area contributed by atoms with Gasteiger partial charge in [0.25, 0.3) is 0 Å². The van der Waals surface area contributed by atoms with Gasteiger partial charge >= 0.3 is 0 Å². The topological polar surface area (TPSA) is 9.23 Å². The van der Waals surface area contributed by atoms with Crippen LogP contribution in [0.2, 0.25) is 37.8 Å². The third-order valence-corrected chi connectivity index (χ3v) is 9.26. The van der Waals surface area contributed by atoms with Crippen molar-refractivity contribution in [2.24, 2.45) is 0 Å². The summed E-state index contributed by atoms with van der Waals surface area (Å²) in [5, 5.41) is 0.219. The van der Waals surface area contributed by atoms with E-state index in [0.29, 0.717) is 0 Å². The van der Waals surface area contributed by atoms with E-state index >= 15 is 0 Å². The summed E-state index contributed by atoms with van der Waals surface area (Å²) in [5.74, 6) is 3.35. The van der Waals surface area contributed by atoms with E-state index in [1.807, 2.05) is 17.1 Å². The molecule has 21 heavy (non-hydrogen) atoms. The third-order valence-electron chi connectivity index (χ3n) is 3.53. The van der Waals surface area contributed by atoms with Gasteiger partial charge in [-0.3, -0.25) is 0 Å². The molecule has 0 saturated heterocycles. The maximum absolute atomic E-state index is 6.48. The molecule has 0 amide bonds. The highest BCUT2D eigenvalue weighted by molar-refractivity contribution is 9.11. The Hall–Kier alpha value is -0.0862. The van der Waals surface area contributed by atoms with Gasteiger partial charge in [-0.15, -0.1) is 11.5 Å². The first kappa shape index (κ1) is 20.9. The molecule has 0 aromatic heterocycles. The smallest absolute Gasteiger partial charge is 0.192 e. The molecule has 0 aliphatic rings. The molecule has 0 spiro atoms. The average Bonchev–Trinajstić information content (AvgIpc) is 2.25. The Bertz CT molecular complexity index is 428. The van der Waals surface area contributed by atoms with Crippen molar-refractivity contribution in [3.63, 3.8) is 0 Å². The highest BCUT2D eigenvalue weighted by Crippen LogP contribution is 2.37. The lowest BCUT2D eigenvalue weighted by molar-refractivity contribution is 0.230. The van der Waals surface area contributed by atoms with E-state index in [1.54, 1.807) is 0 Å². The predicted octanol–water partition coefficient (Wildman–Crippen LogP) is 6.11. The minimum Gasteiger partial charge on any atom is -0.410 e. The molecule has 0 rings (SSSR count).